The number of aliphatic hydroxyl groups is 1. The van der Waals surface area contributed by atoms with E-state index < -0.39 is 8.07 Å². The largest absolute Gasteiger partial charge is 0.393 e. The van der Waals surface area contributed by atoms with Crippen molar-refractivity contribution in [2.24, 2.45) is 11.8 Å². The van der Waals surface area contributed by atoms with Crippen molar-refractivity contribution < 1.29 is 9.84 Å². The summed E-state index contributed by atoms with van der Waals surface area (Å²) in [6, 6.07) is 16.0. The molecule has 0 aromatic heterocycles. The molecular weight excluding hydrogens is 336 g/mol. The van der Waals surface area contributed by atoms with Crippen LogP contribution in [-0.4, -0.2) is 33.0 Å². The zero-order valence-corrected chi connectivity index (χ0v) is 17.7. The first-order chi connectivity index (χ1) is 12.7. The molecule has 26 heavy (non-hydrogen) atoms. The Morgan fingerprint density at radius 1 is 0.885 bits per heavy atom. The lowest BCUT2D eigenvalue weighted by atomic mass is 9.76. The highest BCUT2D eigenvalue weighted by molar-refractivity contribution is 6.92. The van der Waals surface area contributed by atoms with Crippen LogP contribution in [0.4, 0.5) is 0 Å². The second-order valence-electron chi connectivity index (χ2n) is 8.86. The Morgan fingerprint density at radius 2 is 1.54 bits per heavy atom. The number of hydrogen-bond donors (Lipinski definition) is 1. The van der Waals surface area contributed by atoms with Crippen molar-refractivity contribution in [2.45, 2.75) is 82.0 Å². The third-order valence-electron chi connectivity index (χ3n) is 7.29. The second kappa shape index (κ2) is 10.1. The first-order valence-electron chi connectivity index (χ1n) is 11.0. The van der Waals surface area contributed by atoms with Crippen LogP contribution in [0, 0.1) is 11.8 Å². The van der Waals surface area contributed by atoms with Gasteiger partial charge in [0.15, 0.2) is 0 Å². The standard InChI is InChI=1S/C23H38O2Si/c1-25-16-6-3-7-17-26(23-8-4-2-5-9-23)18-14-21(15-19-26)20-10-12-22(24)13-11-20/h2,4-5,8-9,20-22,24H,3,6-7,10-19H2,1H3. The van der Waals surface area contributed by atoms with Gasteiger partial charge in [-0.05, 0) is 43.9 Å². The molecule has 2 fully saturated rings. The fourth-order valence-electron chi connectivity index (χ4n) is 5.60. The molecule has 3 heteroatoms. The van der Waals surface area contributed by atoms with Crippen molar-refractivity contribution in [2.75, 3.05) is 13.7 Å². The van der Waals surface area contributed by atoms with Crippen molar-refractivity contribution in [1.82, 2.24) is 0 Å². The molecule has 0 unspecified atom stereocenters. The predicted molar refractivity (Wildman–Crippen MR) is 113 cm³/mol. The fourth-order valence-corrected chi connectivity index (χ4v) is 10.9. The number of ether oxygens (including phenoxy) is 1. The van der Waals surface area contributed by atoms with Gasteiger partial charge in [0, 0.05) is 13.7 Å². The summed E-state index contributed by atoms with van der Waals surface area (Å²) in [7, 11) is 0.483. The number of aliphatic hydroxyl groups excluding tert-OH is 1. The lowest BCUT2D eigenvalue weighted by Gasteiger charge is -2.43. The molecule has 1 aromatic rings. The van der Waals surface area contributed by atoms with Crippen LogP contribution in [0.2, 0.25) is 18.1 Å². The van der Waals surface area contributed by atoms with Gasteiger partial charge in [-0.2, -0.15) is 0 Å². The number of benzene rings is 1. The van der Waals surface area contributed by atoms with Crippen LogP contribution in [0.3, 0.4) is 0 Å². The molecule has 1 heterocycles. The second-order valence-corrected chi connectivity index (χ2v) is 13.5. The Morgan fingerprint density at radius 3 is 2.19 bits per heavy atom. The maximum Gasteiger partial charge on any atom is 0.0867 e. The van der Waals surface area contributed by atoms with E-state index in [4.69, 9.17) is 4.74 Å². The molecule has 1 saturated heterocycles. The third-order valence-corrected chi connectivity index (χ3v) is 12.6. The summed E-state index contributed by atoms with van der Waals surface area (Å²) in [6.07, 6.45) is 11.4. The van der Waals surface area contributed by atoms with E-state index in [1.54, 1.807) is 5.19 Å². The Kier molecular flexibility index (Phi) is 7.77. The van der Waals surface area contributed by atoms with Crippen molar-refractivity contribution in [3.05, 3.63) is 30.3 Å². The number of unbranched alkanes of at least 4 members (excludes halogenated alkanes) is 2. The zero-order valence-electron chi connectivity index (χ0n) is 16.7. The summed E-state index contributed by atoms with van der Waals surface area (Å²) in [4.78, 5) is 0. The first-order valence-corrected chi connectivity index (χ1v) is 13.6. The van der Waals surface area contributed by atoms with E-state index in [0.29, 0.717) is 0 Å². The van der Waals surface area contributed by atoms with Gasteiger partial charge >= 0.3 is 0 Å². The van der Waals surface area contributed by atoms with Gasteiger partial charge in [-0.1, -0.05) is 79.3 Å². The fraction of sp³-hybridized carbons (Fsp3) is 0.739. The highest BCUT2D eigenvalue weighted by Gasteiger charge is 2.40. The van der Waals surface area contributed by atoms with E-state index in [1.165, 1.54) is 63.1 Å². The summed E-state index contributed by atoms with van der Waals surface area (Å²) in [5.74, 6) is 1.82. The SMILES string of the molecule is COCCCCC[Si]1(c2ccccc2)CCC(C2CCC(O)CC2)CC1. The molecule has 3 rings (SSSR count). The van der Waals surface area contributed by atoms with Crippen molar-refractivity contribution in [1.29, 1.82) is 0 Å². The molecule has 0 amide bonds. The molecule has 1 aromatic carbocycles. The average Bonchev–Trinajstić information content (AvgIpc) is 2.70. The molecule has 2 nitrogen and oxygen atoms in total. The first kappa shape index (κ1) is 20.1. The molecule has 0 spiro atoms. The molecule has 0 atom stereocenters. The van der Waals surface area contributed by atoms with E-state index >= 15 is 0 Å². The van der Waals surface area contributed by atoms with Crippen LogP contribution in [0.1, 0.15) is 57.8 Å². The molecule has 0 radical (unpaired) electrons. The van der Waals surface area contributed by atoms with Crippen LogP contribution in [0.5, 0.6) is 0 Å². The summed E-state index contributed by atoms with van der Waals surface area (Å²) in [5.41, 5.74) is 0. The van der Waals surface area contributed by atoms with Crippen LogP contribution in [0.15, 0.2) is 30.3 Å². The minimum absolute atomic E-state index is 0.0141. The molecule has 1 N–H and O–H groups in total. The van der Waals surface area contributed by atoms with E-state index in [1.807, 2.05) is 7.11 Å². The maximum atomic E-state index is 9.81. The maximum absolute atomic E-state index is 9.81. The van der Waals surface area contributed by atoms with Crippen LogP contribution >= 0.6 is 0 Å². The Bertz CT molecular complexity index is 502. The highest BCUT2D eigenvalue weighted by atomic mass is 28.3. The molecule has 1 aliphatic carbocycles. The zero-order chi connectivity index (χ0) is 18.2. The Balaban J connectivity index is 1.59. The topological polar surface area (TPSA) is 29.5 Å². The van der Waals surface area contributed by atoms with E-state index in [-0.39, 0.29) is 6.10 Å². The third kappa shape index (κ3) is 5.21. The van der Waals surface area contributed by atoms with E-state index in [9.17, 15) is 5.11 Å². The summed E-state index contributed by atoms with van der Waals surface area (Å²) in [5, 5.41) is 11.5. The predicted octanol–water partition coefficient (Wildman–Crippen LogP) is 5.12. The summed E-state index contributed by atoms with van der Waals surface area (Å²) >= 11 is 0. The van der Waals surface area contributed by atoms with E-state index in [2.05, 4.69) is 30.3 Å². The van der Waals surface area contributed by atoms with Gasteiger partial charge in [-0.3, -0.25) is 0 Å². The van der Waals surface area contributed by atoms with Crippen molar-refractivity contribution >= 4 is 13.3 Å². The average molecular weight is 375 g/mol. The van der Waals surface area contributed by atoms with Crippen LogP contribution in [-0.2, 0) is 4.74 Å². The molecule has 1 saturated carbocycles. The van der Waals surface area contributed by atoms with Gasteiger partial charge in [-0.15, -0.1) is 0 Å². The van der Waals surface area contributed by atoms with Gasteiger partial charge < -0.3 is 9.84 Å². The Labute approximate surface area is 161 Å². The molecule has 2 aliphatic rings. The molecule has 1 aliphatic heterocycles. The number of methoxy groups -OCH3 is 1. The van der Waals surface area contributed by atoms with Crippen molar-refractivity contribution in [3.63, 3.8) is 0 Å². The monoisotopic (exact) mass is 374 g/mol. The smallest absolute Gasteiger partial charge is 0.0867 e. The molecular formula is C23H38O2Si. The van der Waals surface area contributed by atoms with Gasteiger partial charge in [0.1, 0.15) is 0 Å². The molecule has 0 bridgehead atoms. The molecule has 146 valence electrons. The minimum Gasteiger partial charge on any atom is -0.393 e. The lowest BCUT2D eigenvalue weighted by molar-refractivity contribution is 0.0880. The lowest BCUT2D eigenvalue weighted by Crippen LogP contribution is -2.50. The summed E-state index contributed by atoms with van der Waals surface area (Å²) in [6.45, 7) is 0.912. The van der Waals surface area contributed by atoms with Gasteiger partial charge in [-0.25, -0.2) is 0 Å². The Hall–Kier alpha value is -0.643. The van der Waals surface area contributed by atoms with Gasteiger partial charge in [0.2, 0.25) is 0 Å². The quantitative estimate of drug-likeness (QED) is 0.505. The number of hydrogen-bond acceptors (Lipinski definition) is 2. The van der Waals surface area contributed by atoms with Crippen molar-refractivity contribution in [3.8, 4) is 0 Å². The van der Waals surface area contributed by atoms with Gasteiger partial charge in [0.05, 0.1) is 14.2 Å². The van der Waals surface area contributed by atoms with Gasteiger partial charge in [0.25, 0.3) is 0 Å². The minimum atomic E-state index is -1.33. The number of rotatable bonds is 8. The summed E-state index contributed by atoms with van der Waals surface area (Å²) < 4.78 is 5.23. The normalized spacial score (nSPS) is 32.5. The van der Waals surface area contributed by atoms with E-state index in [0.717, 1.165) is 31.3 Å². The van der Waals surface area contributed by atoms with Crippen LogP contribution < -0.4 is 5.19 Å². The highest BCUT2D eigenvalue weighted by Crippen LogP contribution is 2.43. The van der Waals surface area contributed by atoms with Crippen LogP contribution in [0.25, 0.3) is 0 Å².